The van der Waals surface area contributed by atoms with Gasteiger partial charge in [-0.3, -0.25) is 4.98 Å². The van der Waals surface area contributed by atoms with Crippen LogP contribution in [-0.4, -0.2) is 19.9 Å². The van der Waals surface area contributed by atoms with Crippen LogP contribution >= 0.6 is 0 Å². The largest absolute Gasteiger partial charge is 0.417 e. The summed E-state index contributed by atoms with van der Waals surface area (Å²) in [4.78, 5) is 13.9. The summed E-state index contributed by atoms with van der Waals surface area (Å²) in [5, 5.41) is 0. The molecule has 0 spiro atoms. The molecule has 0 amide bonds. The second-order valence-corrected chi connectivity index (χ2v) is 7.08. The lowest BCUT2D eigenvalue weighted by Gasteiger charge is -2.07. The van der Waals surface area contributed by atoms with Crippen LogP contribution in [0.1, 0.15) is 11.1 Å². The van der Waals surface area contributed by atoms with Gasteiger partial charge in [-0.2, -0.15) is 0 Å². The van der Waals surface area contributed by atoms with E-state index in [9.17, 15) is 13.2 Å². The van der Waals surface area contributed by atoms with E-state index in [-0.39, 0.29) is 11.4 Å². The van der Waals surface area contributed by atoms with Gasteiger partial charge in [-0.1, -0.05) is 18.2 Å². The molecule has 0 unspecified atom stereocenters. The summed E-state index contributed by atoms with van der Waals surface area (Å²) in [5.41, 5.74) is 2.89. The van der Waals surface area contributed by atoms with Crippen LogP contribution in [0.15, 0.2) is 56.6 Å². The van der Waals surface area contributed by atoms with Crippen LogP contribution in [0.25, 0.3) is 11.1 Å². The molecule has 23 heavy (non-hydrogen) atoms. The molecule has 1 heterocycles. The van der Waals surface area contributed by atoms with Gasteiger partial charge in [-0.15, -0.1) is 0 Å². The van der Waals surface area contributed by atoms with Crippen LogP contribution in [-0.2, 0) is 16.4 Å². The summed E-state index contributed by atoms with van der Waals surface area (Å²) in [6.07, 6.45) is 0.508. The fourth-order valence-corrected chi connectivity index (χ4v) is 3.49. The molecule has 0 saturated heterocycles. The average Bonchev–Trinajstić information content (AvgIpc) is 2.86. The molecule has 3 aromatic rings. The Hall–Kier alpha value is -2.38. The lowest BCUT2D eigenvalue weighted by Crippen LogP contribution is -2.26. The van der Waals surface area contributed by atoms with E-state index in [0.717, 1.165) is 11.1 Å². The van der Waals surface area contributed by atoms with Crippen LogP contribution < -0.4 is 10.5 Å². The minimum atomic E-state index is -3.52. The molecule has 2 N–H and O–H groups in total. The summed E-state index contributed by atoms with van der Waals surface area (Å²) >= 11 is 0. The lowest BCUT2D eigenvalue weighted by molar-refractivity contribution is 0.555. The molecule has 0 radical (unpaired) electrons. The maximum Gasteiger partial charge on any atom is 0.417 e. The van der Waals surface area contributed by atoms with Gasteiger partial charge in [-0.05, 0) is 48.7 Å². The predicted molar refractivity (Wildman–Crippen MR) is 86.9 cm³/mol. The zero-order valence-corrected chi connectivity index (χ0v) is 13.3. The van der Waals surface area contributed by atoms with E-state index in [2.05, 4.69) is 9.71 Å². The third kappa shape index (κ3) is 3.52. The van der Waals surface area contributed by atoms with Gasteiger partial charge in [0, 0.05) is 6.54 Å². The number of aromatic amines is 1. The number of benzene rings is 2. The molecule has 1 aromatic heterocycles. The zero-order chi connectivity index (χ0) is 16.4. The normalized spacial score (nSPS) is 11.9. The third-order valence-electron chi connectivity index (χ3n) is 3.49. The average molecular weight is 332 g/mol. The molecular formula is C16H16N2O4S. The second-order valence-electron chi connectivity index (χ2n) is 5.31. The van der Waals surface area contributed by atoms with Crippen LogP contribution in [0.5, 0.6) is 0 Å². The van der Waals surface area contributed by atoms with Crippen LogP contribution in [0.2, 0.25) is 0 Å². The van der Waals surface area contributed by atoms with E-state index in [4.69, 9.17) is 4.42 Å². The maximum atomic E-state index is 12.2. The first kappa shape index (κ1) is 15.5. The van der Waals surface area contributed by atoms with Crippen molar-refractivity contribution in [2.45, 2.75) is 18.2 Å². The van der Waals surface area contributed by atoms with E-state index in [0.29, 0.717) is 17.5 Å². The first-order valence-electron chi connectivity index (χ1n) is 7.12. The molecule has 120 valence electrons. The molecule has 0 saturated carbocycles. The van der Waals surface area contributed by atoms with E-state index < -0.39 is 15.8 Å². The monoisotopic (exact) mass is 332 g/mol. The molecule has 0 aliphatic carbocycles. The topological polar surface area (TPSA) is 92.2 Å². The van der Waals surface area contributed by atoms with Gasteiger partial charge < -0.3 is 4.42 Å². The van der Waals surface area contributed by atoms with Crippen molar-refractivity contribution in [2.24, 2.45) is 0 Å². The predicted octanol–water partition coefficient (Wildman–Crippen LogP) is 1.95. The smallest absolute Gasteiger partial charge is 0.408 e. The van der Waals surface area contributed by atoms with Gasteiger partial charge in [-0.25, -0.2) is 17.9 Å². The molecule has 2 aromatic carbocycles. The molecule has 0 aliphatic heterocycles. The molecular weight excluding hydrogens is 316 g/mol. The highest BCUT2D eigenvalue weighted by atomic mass is 32.2. The van der Waals surface area contributed by atoms with Gasteiger partial charge >= 0.3 is 5.76 Å². The van der Waals surface area contributed by atoms with Crippen LogP contribution in [0.3, 0.4) is 0 Å². The number of sulfonamides is 1. The summed E-state index contributed by atoms with van der Waals surface area (Å²) in [6.45, 7) is 2.11. The Bertz CT molecular complexity index is 1000. The van der Waals surface area contributed by atoms with Crippen LogP contribution in [0, 0.1) is 6.92 Å². The molecule has 6 nitrogen and oxygen atoms in total. The number of aryl methyl sites for hydroxylation is 1. The molecule has 0 aliphatic rings. The number of nitrogens with one attached hydrogen (secondary N) is 2. The molecule has 0 bridgehead atoms. The van der Waals surface area contributed by atoms with Crippen molar-refractivity contribution >= 4 is 21.1 Å². The Morgan fingerprint density at radius 3 is 2.78 bits per heavy atom. The fourth-order valence-electron chi connectivity index (χ4n) is 2.35. The Kier molecular flexibility index (Phi) is 4.06. The highest BCUT2D eigenvalue weighted by Gasteiger charge is 2.13. The first-order valence-corrected chi connectivity index (χ1v) is 8.60. The van der Waals surface area contributed by atoms with E-state index >= 15 is 0 Å². The fraction of sp³-hybridized carbons (Fsp3) is 0.188. The number of fused-ring (bicyclic) bond motifs is 1. The number of hydrogen-bond donors (Lipinski definition) is 2. The number of hydrogen-bond acceptors (Lipinski definition) is 4. The molecule has 7 heteroatoms. The van der Waals surface area contributed by atoms with Crippen molar-refractivity contribution in [1.29, 1.82) is 0 Å². The molecule has 3 rings (SSSR count). The Morgan fingerprint density at radius 1 is 1.17 bits per heavy atom. The van der Waals surface area contributed by atoms with Crippen molar-refractivity contribution in [2.75, 3.05) is 6.54 Å². The van der Waals surface area contributed by atoms with Crippen molar-refractivity contribution < 1.29 is 12.8 Å². The molecule has 0 fully saturated rings. The number of H-pyrrole nitrogens is 1. The van der Waals surface area contributed by atoms with Crippen molar-refractivity contribution in [3.63, 3.8) is 0 Å². The summed E-state index contributed by atoms with van der Waals surface area (Å²) in [5.74, 6) is -0.502. The van der Waals surface area contributed by atoms with Crippen molar-refractivity contribution in [3.8, 4) is 0 Å². The van der Waals surface area contributed by atoms with Crippen LogP contribution in [0.4, 0.5) is 0 Å². The van der Waals surface area contributed by atoms with Gasteiger partial charge in [0.25, 0.3) is 0 Å². The van der Waals surface area contributed by atoms with E-state index in [1.165, 1.54) is 0 Å². The van der Waals surface area contributed by atoms with Crippen molar-refractivity contribution in [1.82, 2.24) is 9.71 Å². The highest BCUT2D eigenvalue weighted by molar-refractivity contribution is 7.89. The van der Waals surface area contributed by atoms with E-state index in [1.54, 1.807) is 36.4 Å². The van der Waals surface area contributed by atoms with Gasteiger partial charge in [0.05, 0.1) is 10.4 Å². The number of oxazole rings is 1. The Morgan fingerprint density at radius 2 is 2.00 bits per heavy atom. The minimum absolute atomic E-state index is 0.257. The van der Waals surface area contributed by atoms with Gasteiger partial charge in [0.1, 0.15) is 0 Å². The number of rotatable bonds is 5. The Balaban J connectivity index is 1.69. The van der Waals surface area contributed by atoms with Gasteiger partial charge in [0.15, 0.2) is 5.58 Å². The quantitative estimate of drug-likeness (QED) is 0.747. The SMILES string of the molecule is Cc1cccc(S(=O)(=O)NCCc2ccc3oc(=O)[nH]c3c2)c1. The second kappa shape index (κ2) is 6.02. The lowest BCUT2D eigenvalue weighted by atomic mass is 10.1. The third-order valence-corrected chi connectivity index (χ3v) is 4.95. The van der Waals surface area contributed by atoms with Crippen molar-refractivity contribution in [3.05, 3.63) is 64.1 Å². The number of aromatic nitrogens is 1. The minimum Gasteiger partial charge on any atom is -0.408 e. The summed E-state index contributed by atoms with van der Waals surface area (Å²) in [6, 6.07) is 12.0. The van der Waals surface area contributed by atoms with E-state index in [1.807, 2.05) is 13.0 Å². The zero-order valence-electron chi connectivity index (χ0n) is 12.5. The maximum absolute atomic E-state index is 12.2. The first-order chi connectivity index (χ1) is 10.9. The summed E-state index contributed by atoms with van der Waals surface area (Å²) < 4.78 is 31.9. The standard InChI is InChI=1S/C16H16N2O4S/c1-11-3-2-4-13(9-11)23(20,21)17-8-7-12-5-6-15-14(10-12)18-16(19)22-15/h2-6,9-10,17H,7-8H2,1H3,(H,18,19). The molecule has 0 atom stereocenters. The van der Waals surface area contributed by atoms with Gasteiger partial charge in [0.2, 0.25) is 10.0 Å². The summed E-state index contributed by atoms with van der Waals surface area (Å²) in [7, 11) is -3.52. The highest BCUT2D eigenvalue weighted by Crippen LogP contribution is 2.13. The Labute approximate surface area is 133 Å².